The van der Waals surface area contributed by atoms with Crippen LogP contribution >= 0.6 is 0 Å². The van der Waals surface area contributed by atoms with Crippen molar-refractivity contribution >= 4 is 35.2 Å². The highest BCUT2D eigenvalue weighted by Crippen LogP contribution is 2.60. The van der Waals surface area contributed by atoms with Gasteiger partial charge in [0.2, 0.25) is 0 Å². The van der Waals surface area contributed by atoms with Crippen LogP contribution in [0.2, 0.25) is 0 Å². The molecular formula is C61H45NSi. The molecule has 11 rings (SSSR count). The largest absolute Gasteiger partial charge is 0.356 e. The van der Waals surface area contributed by atoms with E-state index in [1.165, 1.54) is 76.9 Å². The van der Waals surface area contributed by atoms with Crippen LogP contribution in [0, 0.1) is 0 Å². The molecule has 1 nitrogen and oxygen atoms in total. The molecule has 0 aromatic heterocycles. The molecule has 0 N–H and O–H groups in total. The van der Waals surface area contributed by atoms with Gasteiger partial charge in [0.05, 0.1) is 5.41 Å². The minimum Gasteiger partial charge on any atom is -0.356 e. The van der Waals surface area contributed by atoms with Crippen molar-refractivity contribution in [2.75, 3.05) is 4.57 Å². The average molecular weight is 820 g/mol. The fourth-order valence-corrected chi connectivity index (χ4v) is 15.4. The molecule has 0 heterocycles. The Kier molecular flexibility index (Phi) is 9.84. The molecular weight excluding hydrogens is 775 g/mol. The number of fused-ring (bicyclic) bond motifs is 3. The van der Waals surface area contributed by atoms with E-state index in [1.54, 1.807) is 0 Å². The Hall–Kier alpha value is -7.78. The highest BCUT2D eigenvalue weighted by Gasteiger charge is 2.51. The first-order valence-corrected chi connectivity index (χ1v) is 23.8. The van der Waals surface area contributed by atoms with Crippen molar-refractivity contribution < 1.29 is 0 Å². The zero-order chi connectivity index (χ0) is 42.1. The first-order chi connectivity index (χ1) is 31.3. The molecule has 1 aliphatic rings. The van der Waals surface area contributed by atoms with Crippen LogP contribution in [0.25, 0.3) is 33.4 Å². The molecule has 0 spiro atoms. The molecule has 0 fully saturated rings. The summed E-state index contributed by atoms with van der Waals surface area (Å²) in [6, 6.07) is 101. The van der Waals surface area contributed by atoms with Gasteiger partial charge in [-0.2, -0.15) is 0 Å². The number of hydrogen-bond donors (Lipinski definition) is 0. The van der Waals surface area contributed by atoms with Gasteiger partial charge in [-0.1, -0.05) is 255 Å². The molecule has 0 unspecified atom stereocenters. The van der Waals surface area contributed by atoms with Gasteiger partial charge < -0.3 is 4.57 Å². The number of hydrogen-bond acceptors (Lipinski definition) is 1. The Morgan fingerprint density at radius 1 is 0.302 bits per heavy atom. The molecule has 2 heteroatoms. The minimum absolute atomic E-state index is 0.630. The van der Waals surface area contributed by atoms with Crippen LogP contribution in [0.3, 0.4) is 0 Å². The molecule has 0 radical (unpaired) electrons. The maximum Gasteiger partial charge on any atom is 0.257 e. The third-order valence-corrected chi connectivity index (χ3v) is 17.7. The van der Waals surface area contributed by atoms with Crippen LogP contribution in [-0.2, 0) is 5.41 Å². The third kappa shape index (κ3) is 6.22. The van der Waals surface area contributed by atoms with E-state index < -0.39 is 13.7 Å². The van der Waals surface area contributed by atoms with Gasteiger partial charge in [-0.25, -0.2) is 0 Å². The van der Waals surface area contributed by atoms with Crippen molar-refractivity contribution in [1.29, 1.82) is 0 Å². The summed E-state index contributed by atoms with van der Waals surface area (Å²) in [4.78, 5) is 0. The first kappa shape index (κ1) is 38.2. The SMILES string of the molecule is c1ccc(-c2ccc(N(c3ccc4c(c3-c3ccccc3)C(c3ccccc3)(c3ccccc3)c3ccccc3-4)[Si](c3ccccc3)(c3ccccc3)c3ccccc3)cc2)cc1. The van der Waals surface area contributed by atoms with Crippen LogP contribution in [0.5, 0.6) is 0 Å². The van der Waals surface area contributed by atoms with E-state index in [2.05, 4.69) is 278 Å². The summed E-state index contributed by atoms with van der Waals surface area (Å²) in [5.41, 5.74) is 14.1. The molecule has 0 amide bonds. The van der Waals surface area contributed by atoms with E-state index in [1.807, 2.05) is 0 Å². The van der Waals surface area contributed by atoms with Gasteiger partial charge >= 0.3 is 0 Å². The van der Waals surface area contributed by atoms with Crippen LogP contribution in [0.1, 0.15) is 22.3 Å². The highest BCUT2D eigenvalue weighted by molar-refractivity contribution is 7.14. The number of anilines is 2. The molecule has 0 atom stereocenters. The standard InChI is InChI=1S/C61H45NSi/c1-8-24-46(25-9-1)47-40-42-51(43-41-47)62(63(52-32-16-5-17-33-52,53-34-18-6-19-35-53)54-36-20-7-21-37-54)58-45-44-56-55-38-22-23-39-57(55)61(49-28-12-3-13-29-49,50-30-14-4-15-31-50)60(56)59(58)48-26-10-2-11-27-48/h1-45H. The van der Waals surface area contributed by atoms with Crippen molar-refractivity contribution in [2.24, 2.45) is 0 Å². The first-order valence-electron chi connectivity index (χ1n) is 21.9. The Bertz CT molecular complexity index is 2980. The van der Waals surface area contributed by atoms with Crippen molar-refractivity contribution in [2.45, 2.75) is 5.41 Å². The van der Waals surface area contributed by atoms with Crippen molar-refractivity contribution in [3.8, 4) is 33.4 Å². The lowest BCUT2D eigenvalue weighted by molar-refractivity contribution is 0.770. The van der Waals surface area contributed by atoms with Gasteiger partial charge in [0.25, 0.3) is 8.24 Å². The van der Waals surface area contributed by atoms with E-state index >= 15 is 0 Å². The van der Waals surface area contributed by atoms with Crippen LogP contribution in [0.4, 0.5) is 11.4 Å². The zero-order valence-electron chi connectivity index (χ0n) is 34.9. The Morgan fingerprint density at radius 3 is 1.19 bits per heavy atom. The average Bonchev–Trinajstić information content (AvgIpc) is 3.68. The lowest BCUT2D eigenvalue weighted by Crippen LogP contribution is -2.76. The molecule has 0 saturated heterocycles. The molecule has 10 aromatic rings. The predicted molar refractivity (Wildman–Crippen MR) is 267 cm³/mol. The van der Waals surface area contributed by atoms with E-state index in [0.717, 1.165) is 5.69 Å². The van der Waals surface area contributed by atoms with Crippen molar-refractivity contribution in [1.82, 2.24) is 0 Å². The van der Waals surface area contributed by atoms with Crippen LogP contribution in [0.15, 0.2) is 273 Å². The number of benzene rings is 10. The normalized spacial score (nSPS) is 12.6. The van der Waals surface area contributed by atoms with Crippen LogP contribution in [-0.4, -0.2) is 8.24 Å². The van der Waals surface area contributed by atoms with Crippen LogP contribution < -0.4 is 20.1 Å². The zero-order valence-corrected chi connectivity index (χ0v) is 35.9. The topological polar surface area (TPSA) is 3.24 Å². The molecule has 10 aromatic carbocycles. The van der Waals surface area contributed by atoms with Gasteiger partial charge in [-0.3, -0.25) is 0 Å². The van der Waals surface area contributed by atoms with E-state index in [-0.39, 0.29) is 0 Å². The second-order valence-electron chi connectivity index (χ2n) is 16.3. The molecule has 0 bridgehead atoms. The molecule has 63 heavy (non-hydrogen) atoms. The number of nitrogens with zero attached hydrogens (tertiary/aromatic N) is 1. The summed E-state index contributed by atoms with van der Waals surface area (Å²) in [6.07, 6.45) is 0. The quantitative estimate of drug-likeness (QED) is 0.0981. The smallest absolute Gasteiger partial charge is 0.257 e. The Balaban J connectivity index is 1.34. The van der Waals surface area contributed by atoms with Crippen molar-refractivity contribution in [3.05, 3.63) is 295 Å². The summed E-state index contributed by atoms with van der Waals surface area (Å²) in [5.74, 6) is 0. The summed E-state index contributed by atoms with van der Waals surface area (Å²) in [7, 11) is -3.28. The summed E-state index contributed by atoms with van der Waals surface area (Å²) in [5, 5.41) is 3.90. The van der Waals surface area contributed by atoms with E-state index in [9.17, 15) is 0 Å². The molecule has 1 aliphatic carbocycles. The van der Waals surface area contributed by atoms with Gasteiger partial charge in [-0.05, 0) is 83.8 Å². The van der Waals surface area contributed by atoms with Gasteiger partial charge in [0, 0.05) is 16.9 Å². The number of rotatable bonds is 10. The minimum atomic E-state index is -3.28. The monoisotopic (exact) mass is 819 g/mol. The van der Waals surface area contributed by atoms with E-state index in [0.29, 0.717) is 0 Å². The molecule has 298 valence electrons. The van der Waals surface area contributed by atoms with Gasteiger partial charge in [0.15, 0.2) is 0 Å². The Labute approximate surface area is 372 Å². The second-order valence-corrected chi connectivity index (χ2v) is 19.9. The second kappa shape index (κ2) is 16.2. The maximum absolute atomic E-state index is 3.28. The van der Waals surface area contributed by atoms with Gasteiger partial charge in [-0.15, -0.1) is 0 Å². The highest BCUT2D eigenvalue weighted by atomic mass is 28.3. The third-order valence-electron chi connectivity index (χ3n) is 13.0. The van der Waals surface area contributed by atoms with Gasteiger partial charge in [0.1, 0.15) is 0 Å². The lowest BCUT2D eigenvalue weighted by Gasteiger charge is -2.46. The molecule has 0 aliphatic heterocycles. The fourth-order valence-electron chi connectivity index (χ4n) is 10.5. The lowest BCUT2D eigenvalue weighted by atomic mass is 9.66. The maximum atomic E-state index is 2.79. The fraction of sp³-hybridized carbons (Fsp3) is 0.0164. The summed E-state index contributed by atoms with van der Waals surface area (Å²) in [6.45, 7) is 0. The summed E-state index contributed by atoms with van der Waals surface area (Å²) >= 11 is 0. The Morgan fingerprint density at radius 2 is 0.698 bits per heavy atom. The van der Waals surface area contributed by atoms with E-state index in [4.69, 9.17) is 0 Å². The predicted octanol–water partition coefficient (Wildman–Crippen LogP) is 13.2. The molecule has 0 saturated carbocycles. The van der Waals surface area contributed by atoms with Crippen molar-refractivity contribution in [3.63, 3.8) is 0 Å². The summed E-state index contributed by atoms with van der Waals surface area (Å²) < 4.78 is 2.79.